The van der Waals surface area contributed by atoms with Crippen molar-refractivity contribution >= 4 is 40.7 Å². The molecular weight excluding hydrogens is 423 g/mol. The molecular formula is C22H22Cl2N4O2. The molecule has 1 atom stereocenters. The molecule has 2 aliphatic rings. The van der Waals surface area contributed by atoms with Crippen LogP contribution in [0, 0.1) is 0 Å². The lowest BCUT2D eigenvalue weighted by atomic mass is 10.0. The molecule has 156 valence electrons. The highest BCUT2D eigenvalue weighted by Crippen LogP contribution is 2.34. The summed E-state index contributed by atoms with van der Waals surface area (Å²) in [5.41, 5.74) is 5.56. The van der Waals surface area contributed by atoms with Crippen molar-refractivity contribution in [3.8, 4) is 0 Å². The maximum absolute atomic E-state index is 12.3. The zero-order valence-electron chi connectivity index (χ0n) is 16.6. The Labute approximate surface area is 185 Å². The second-order valence-electron chi connectivity index (χ2n) is 7.55. The summed E-state index contributed by atoms with van der Waals surface area (Å²) in [5, 5.41) is 0.601. The molecule has 1 saturated heterocycles. The van der Waals surface area contributed by atoms with Gasteiger partial charge in [0.15, 0.2) is 0 Å². The number of anilines is 1. The maximum atomic E-state index is 12.3. The van der Waals surface area contributed by atoms with E-state index >= 15 is 0 Å². The molecule has 1 fully saturated rings. The van der Waals surface area contributed by atoms with E-state index in [1.165, 1.54) is 22.7 Å². The first-order chi connectivity index (χ1) is 14.5. The first kappa shape index (κ1) is 20.7. The quantitative estimate of drug-likeness (QED) is 0.676. The van der Waals surface area contributed by atoms with Gasteiger partial charge in [-0.25, -0.2) is 0 Å². The summed E-state index contributed by atoms with van der Waals surface area (Å²) in [5.74, 6) is -0.191. The van der Waals surface area contributed by atoms with Crippen molar-refractivity contribution in [2.75, 3.05) is 24.5 Å². The Morgan fingerprint density at radius 1 is 1.17 bits per heavy atom. The van der Waals surface area contributed by atoms with Crippen LogP contribution in [0.3, 0.4) is 0 Å². The van der Waals surface area contributed by atoms with E-state index in [0.29, 0.717) is 24.7 Å². The summed E-state index contributed by atoms with van der Waals surface area (Å²) in [4.78, 5) is 34.6. The van der Waals surface area contributed by atoms with Crippen molar-refractivity contribution in [2.24, 2.45) is 0 Å². The topological polar surface area (TPSA) is 56.8 Å². The van der Waals surface area contributed by atoms with Crippen molar-refractivity contribution in [3.63, 3.8) is 0 Å². The van der Waals surface area contributed by atoms with Crippen molar-refractivity contribution in [3.05, 3.63) is 70.0 Å². The fourth-order valence-electron chi connectivity index (χ4n) is 4.18. The predicted molar refractivity (Wildman–Crippen MR) is 117 cm³/mol. The minimum atomic E-state index is -0.270. The summed E-state index contributed by atoms with van der Waals surface area (Å²) in [6.45, 7) is 4.42. The standard InChI is InChI=1S/C22H22Cl2N4O2/c1-15(29)28-7-6-26(22(30)2-4-23)14-21(28)17-8-19(24)10-20(9-17)27-12-16-3-5-25-11-18(16)13-27/h2-5,8-11,21H,6-7,12-14H2,1H3/b4-2-/t21-/m0/s1. The molecule has 1 aromatic carbocycles. The lowest BCUT2D eigenvalue weighted by Crippen LogP contribution is -2.51. The van der Waals surface area contributed by atoms with Gasteiger partial charge >= 0.3 is 0 Å². The molecule has 0 saturated carbocycles. The van der Waals surface area contributed by atoms with E-state index in [4.69, 9.17) is 23.2 Å². The highest BCUT2D eigenvalue weighted by atomic mass is 35.5. The Morgan fingerprint density at radius 2 is 1.97 bits per heavy atom. The van der Waals surface area contributed by atoms with Crippen molar-refractivity contribution in [2.45, 2.75) is 26.1 Å². The predicted octanol–water partition coefficient (Wildman–Crippen LogP) is 3.74. The summed E-state index contributed by atoms with van der Waals surface area (Å²) < 4.78 is 0. The monoisotopic (exact) mass is 444 g/mol. The molecule has 2 aliphatic heterocycles. The second kappa shape index (κ2) is 8.66. The minimum Gasteiger partial charge on any atom is -0.363 e. The summed E-state index contributed by atoms with van der Waals surface area (Å²) in [7, 11) is 0. The zero-order valence-corrected chi connectivity index (χ0v) is 18.1. The average molecular weight is 445 g/mol. The molecule has 0 spiro atoms. The largest absolute Gasteiger partial charge is 0.363 e. The highest BCUT2D eigenvalue weighted by Gasteiger charge is 2.32. The summed E-state index contributed by atoms with van der Waals surface area (Å²) in [6.07, 6.45) is 5.04. The van der Waals surface area contributed by atoms with E-state index in [1.54, 1.807) is 22.9 Å². The van der Waals surface area contributed by atoms with Crippen LogP contribution in [-0.2, 0) is 22.7 Å². The Bertz CT molecular complexity index is 985. The molecule has 0 unspecified atom stereocenters. The van der Waals surface area contributed by atoms with Crippen LogP contribution in [0.5, 0.6) is 0 Å². The van der Waals surface area contributed by atoms with Crippen molar-refractivity contribution < 1.29 is 9.59 Å². The second-order valence-corrected chi connectivity index (χ2v) is 8.24. The number of halogens is 2. The number of amides is 2. The van der Waals surface area contributed by atoms with Crippen LogP contribution < -0.4 is 4.90 Å². The number of hydrogen-bond donors (Lipinski definition) is 0. The molecule has 8 heteroatoms. The third-order valence-corrected chi connectivity index (χ3v) is 6.03. The summed E-state index contributed by atoms with van der Waals surface area (Å²) >= 11 is 12.1. The number of aromatic nitrogens is 1. The third kappa shape index (κ3) is 4.16. The van der Waals surface area contributed by atoms with E-state index in [1.807, 2.05) is 24.4 Å². The van der Waals surface area contributed by atoms with Gasteiger partial charge in [-0.2, -0.15) is 0 Å². The Hall–Kier alpha value is -2.57. The molecule has 0 N–H and O–H groups in total. The lowest BCUT2D eigenvalue weighted by Gasteiger charge is -2.41. The molecule has 6 nitrogen and oxygen atoms in total. The molecule has 3 heterocycles. The van der Waals surface area contributed by atoms with Gasteiger partial charge in [0.1, 0.15) is 0 Å². The minimum absolute atomic E-state index is 0.0267. The van der Waals surface area contributed by atoms with Crippen LogP contribution in [-0.4, -0.2) is 46.2 Å². The highest BCUT2D eigenvalue weighted by molar-refractivity contribution is 6.31. The lowest BCUT2D eigenvalue weighted by molar-refractivity contribution is -0.139. The van der Waals surface area contributed by atoms with Gasteiger partial charge in [-0.3, -0.25) is 14.6 Å². The average Bonchev–Trinajstić information content (AvgIpc) is 3.17. The van der Waals surface area contributed by atoms with Gasteiger partial charge in [-0.1, -0.05) is 23.2 Å². The molecule has 1 aromatic heterocycles. The van der Waals surface area contributed by atoms with Gasteiger partial charge in [0, 0.05) is 74.4 Å². The molecule has 0 radical (unpaired) electrons. The number of nitrogens with zero attached hydrogens (tertiary/aromatic N) is 4. The summed E-state index contributed by atoms with van der Waals surface area (Å²) in [6, 6.07) is 7.64. The number of fused-ring (bicyclic) bond motifs is 1. The number of benzene rings is 1. The zero-order chi connectivity index (χ0) is 21.3. The molecule has 30 heavy (non-hydrogen) atoms. The van der Waals surface area contributed by atoms with Crippen LogP contribution in [0.2, 0.25) is 5.02 Å². The van der Waals surface area contributed by atoms with E-state index in [-0.39, 0.29) is 17.9 Å². The van der Waals surface area contributed by atoms with E-state index < -0.39 is 0 Å². The fourth-order valence-corrected chi connectivity index (χ4v) is 4.52. The van der Waals surface area contributed by atoms with Gasteiger partial charge in [0.2, 0.25) is 11.8 Å². The van der Waals surface area contributed by atoms with Crippen LogP contribution in [0.4, 0.5) is 5.69 Å². The number of rotatable bonds is 3. The molecule has 2 amide bonds. The van der Waals surface area contributed by atoms with Crippen LogP contribution in [0.25, 0.3) is 0 Å². The van der Waals surface area contributed by atoms with Gasteiger partial charge in [-0.05, 0) is 41.0 Å². The van der Waals surface area contributed by atoms with Gasteiger partial charge in [0.05, 0.1) is 6.04 Å². The number of pyridine rings is 1. The molecule has 2 aromatic rings. The van der Waals surface area contributed by atoms with Crippen LogP contribution in [0.1, 0.15) is 29.7 Å². The number of hydrogen-bond acceptors (Lipinski definition) is 4. The van der Waals surface area contributed by atoms with Crippen molar-refractivity contribution in [1.29, 1.82) is 0 Å². The molecule has 0 aliphatic carbocycles. The van der Waals surface area contributed by atoms with E-state index in [2.05, 4.69) is 16.0 Å². The van der Waals surface area contributed by atoms with Crippen LogP contribution in [0.15, 0.2) is 48.3 Å². The van der Waals surface area contributed by atoms with Gasteiger partial charge < -0.3 is 14.7 Å². The number of carbonyl (C=O) groups is 2. The number of carbonyl (C=O) groups excluding carboxylic acids is 2. The SMILES string of the molecule is CC(=O)N1CCN(C(=O)/C=C\Cl)C[C@H]1c1cc(Cl)cc(N2Cc3ccncc3C2)c1. The smallest absolute Gasteiger partial charge is 0.247 e. The Balaban J connectivity index is 1.64. The number of piperazine rings is 1. The van der Waals surface area contributed by atoms with Gasteiger partial charge in [-0.15, -0.1) is 0 Å². The first-order valence-corrected chi connectivity index (χ1v) is 10.6. The molecule has 4 rings (SSSR count). The Kier molecular flexibility index (Phi) is 5.97. The third-order valence-electron chi connectivity index (χ3n) is 5.68. The normalized spacial score (nSPS) is 18.8. The maximum Gasteiger partial charge on any atom is 0.247 e. The molecule has 0 bridgehead atoms. The van der Waals surface area contributed by atoms with Crippen molar-refractivity contribution in [1.82, 2.24) is 14.8 Å². The fraction of sp³-hybridized carbons (Fsp3) is 0.318. The Morgan fingerprint density at radius 3 is 2.70 bits per heavy atom. The first-order valence-electron chi connectivity index (χ1n) is 9.76. The van der Waals surface area contributed by atoms with E-state index in [0.717, 1.165) is 24.3 Å². The van der Waals surface area contributed by atoms with Crippen LogP contribution >= 0.6 is 23.2 Å². The van der Waals surface area contributed by atoms with E-state index in [9.17, 15) is 9.59 Å². The van der Waals surface area contributed by atoms with Gasteiger partial charge in [0.25, 0.3) is 0 Å².